The summed E-state index contributed by atoms with van der Waals surface area (Å²) in [7, 11) is 1.29. The average Bonchev–Trinajstić information content (AvgIpc) is 3.18. The van der Waals surface area contributed by atoms with E-state index in [0.29, 0.717) is 4.47 Å². The van der Waals surface area contributed by atoms with Crippen molar-refractivity contribution in [3.63, 3.8) is 0 Å². The molecule has 208 valence electrons. The molecule has 1 aliphatic carbocycles. The van der Waals surface area contributed by atoms with Gasteiger partial charge < -0.3 is 19.5 Å². The van der Waals surface area contributed by atoms with Gasteiger partial charge in [-0.25, -0.2) is 14.4 Å². The molecule has 0 bridgehead atoms. The molecule has 0 radical (unpaired) electrons. The molecular formula is C28H37BrN2O6S. The number of hydrogen-bond acceptors (Lipinski definition) is 7. The zero-order valence-electron chi connectivity index (χ0n) is 22.9. The van der Waals surface area contributed by atoms with Crippen LogP contribution < -0.4 is 15.0 Å². The second kappa shape index (κ2) is 13.0. The molecule has 1 aliphatic rings. The van der Waals surface area contributed by atoms with Gasteiger partial charge in [0.1, 0.15) is 5.60 Å². The molecule has 1 heterocycles. The Morgan fingerprint density at radius 2 is 1.84 bits per heavy atom. The minimum Gasteiger partial charge on any atom is -0.479 e. The number of methoxy groups -OCH3 is 1. The van der Waals surface area contributed by atoms with Crippen LogP contribution in [0.1, 0.15) is 76.4 Å². The lowest BCUT2D eigenvalue weighted by atomic mass is 9.93. The van der Waals surface area contributed by atoms with Gasteiger partial charge in [0.05, 0.1) is 16.5 Å². The van der Waals surface area contributed by atoms with Crippen LogP contribution in [0.3, 0.4) is 0 Å². The highest BCUT2D eigenvalue weighted by atomic mass is 79.9. The molecular weight excluding hydrogens is 572 g/mol. The van der Waals surface area contributed by atoms with Crippen LogP contribution in [0.2, 0.25) is 0 Å². The molecule has 0 saturated heterocycles. The fraction of sp³-hybridized carbons (Fsp3) is 0.536. The molecule has 38 heavy (non-hydrogen) atoms. The largest absolute Gasteiger partial charge is 0.479 e. The van der Waals surface area contributed by atoms with Gasteiger partial charge in [0, 0.05) is 17.8 Å². The second-order valence-electron chi connectivity index (χ2n) is 10.6. The SMILES string of the molecule is COC(=O)c1sc(-c2cccc(N(C(=O)NC(C)C)C3CCCCC3)c2)c(Br)c1OCC(=O)OC(C)(C)C. The minimum atomic E-state index is -0.658. The van der Waals surface area contributed by atoms with E-state index in [1.807, 2.05) is 43.0 Å². The van der Waals surface area contributed by atoms with Crippen molar-refractivity contribution in [3.8, 4) is 16.2 Å². The summed E-state index contributed by atoms with van der Waals surface area (Å²) >= 11 is 4.77. The van der Waals surface area contributed by atoms with Crippen molar-refractivity contribution in [2.45, 2.75) is 84.4 Å². The fourth-order valence-corrected chi connectivity index (χ4v) is 6.35. The van der Waals surface area contributed by atoms with E-state index in [4.69, 9.17) is 14.2 Å². The van der Waals surface area contributed by atoms with E-state index in [2.05, 4.69) is 21.2 Å². The quantitative estimate of drug-likeness (QED) is 0.326. The Bertz CT molecular complexity index is 1150. The summed E-state index contributed by atoms with van der Waals surface area (Å²) in [5.74, 6) is -0.901. The number of ether oxygens (including phenoxy) is 3. The summed E-state index contributed by atoms with van der Waals surface area (Å²) in [6.07, 6.45) is 5.27. The highest BCUT2D eigenvalue weighted by Gasteiger charge is 2.29. The number of halogens is 1. The van der Waals surface area contributed by atoms with E-state index in [1.165, 1.54) is 24.9 Å². The van der Waals surface area contributed by atoms with E-state index in [1.54, 1.807) is 20.8 Å². The normalized spacial score (nSPS) is 14.2. The molecule has 2 amide bonds. The predicted octanol–water partition coefficient (Wildman–Crippen LogP) is 6.94. The molecule has 0 aliphatic heterocycles. The van der Waals surface area contributed by atoms with E-state index in [-0.39, 0.29) is 35.3 Å². The molecule has 1 aromatic carbocycles. The lowest BCUT2D eigenvalue weighted by molar-refractivity contribution is -0.157. The molecule has 1 N–H and O–H groups in total. The van der Waals surface area contributed by atoms with E-state index < -0.39 is 17.5 Å². The number of thiophene rings is 1. The summed E-state index contributed by atoms with van der Waals surface area (Å²) in [4.78, 5) is 41.0. The number of rotatable bonds is 8. The number of urea groups is 1. The Hall–Kier alpha value is -2.59. The van der Waals surface area contributed by atoms with Crippen LogP contribution in [0.5, 0.6) is 5.75 Å². The van der Waals surface area contributed by atoms with E-state index in [9.17, 15) is 14.4 Å². The number of nitrogens with zero attached hydrogens (tertiary/aromatic N) is 1. The van der Waals surface area contributed by atoms with E-state index >= 15 is 0 Å². The number of carbonyl (C=O) groups is 3. The highest BCUT2D eigenvalue weighted by Crippen LogP contribution is 2.46. The molecule has 10 heteroatoms. The molecule has 0 spiro atoms. The summed E-state index contributed by atoms with van der Waals surface area (Å²) in [5.41, 5.74) is 0.924. The maximum absolute atomic E-state index is 13.3. The Kier molecular flexibility index (Phi) is 10.2. The highest BCUT2D eigenvalue weighted by molar-refractivity contribution is 9.10. The Morgan fingerprint density at radius 3 is 2.45 bits per heavy atom. The Balaban J connectivity index is 1.98. The van der Waals surface area contributed by atoms with E-state index in [0.717, 1.165) is 41.8 Å². The van der Waals surface area contributed by atoms with Crippen molar-refractivity contribution in [2.75, 3.05) is 18.6 Å². The monoisotopic (exact) mass is 608 g/mol. The van der Waals surface area contributed by atoms with Crippen LogP contribution in [0.25, 0.3) is 10.4 Å². The molecule has 0 atom stereocenters. The van der Waals surface area contributed by atoms with Gasteiger partial charge in [-0.2, -0.15) is 0 Å². The minimum absolute atomic E-state index is 0.00973. The molecule has 1 fully saturated rings. The van der Waals surface area contributed by atoms with Gasteiger partial charge in [-0.3, -0.25) is 4.90 Å². The summed E-state index contributed by atoms with van der Waals surface area (Å²) in [6.45, 7) is 8.85. The first-order valence-corrected chi connectivity index (χ1v) is 14.5. The van der Waals surface area contributed by atoms with Gasteiger partial charge in [-0.15, -0.1) is 11.3 Å². The molecule has 8 nitrogen and oxygen atoms in total. The van der Waals surface area contributed by atoms with Gasteiger partial charge in [0.15, 0.2) is 17.2 Å². The van der Waals surface area contributed by atoms with Crippen molar-refractivity contribution >= 4 is 50.9 Å². The van der Waals surface area contributed by atoms with Gasteiger partial charge in [0.2, 0.25) is 0 Å². The number of hydrogen-bond donors (Lipinski definition) is 1. The first kappa shape index (κ1) is 30.0. The number of amides is 2. The zero-order chi connectivity index (χ0) is 28.0. The first-order valence-electron chi connectivity index (χ1n) is 12.9. The summed E-state index contributed by atoms with van der Waals surface area (Å²) in [5, 5.41) is 3.04. The van der Waals surface area contributed by atoms with Crippen LogP contribution in [0.15, 0.2) is 28.7 Å². The van der Waals surface area contributed by atoms with Gasteiger partial charge in [-0.1, -0.05) is 31.4 Å². The van der Waals surface area contributed by atoms with Crippen molar-refractivity contribution in [3.05, 3.63) is 33.6 Å². The van der Waals surface area contributed by atoms with Crippen molar-refractivity contribution in [1.29, 1.82) is 0 Å². The maximum atomic E-state index is 13.3. The second-order valence-corrected chi connectivity index (χ2v) is 12.4. The van der Waals surface area contributed by atoms with Crippen molar-refractivity contribution in [2.24, 2.45) is 0 Å². The van der Waals surface area contributed by atoms with Crippen LogP contribution in [0, 0.1) is 0 Å². The average molecular weight is 610 g/mol. The summed E-state index contributed by atoms with van der Waals surface area (Å²) in [6, 6.07) is 7.70. The van der Waals surface area contributed by atoms with Crippen molar-refractivity contribution < 1.29 is 28.6 Å². The standard InChI is InChI=1S/C28H37BrN2O6S/c1-17(2)30-27(34)31(19-12-8-7-9-13-19)20-14-10-11-18(15-20)24-22(29)23(25(38-24)26(33)35-6)36-16-21(32)37-28(3,4)5/h10-11,14-15,17,19H,7-9,12-13,16H2,1-6H3,(H,30,34). The Labute approximate surface area is 237 Å². The molecule has 2 aromatic rings. The molecule has 1 saturated carbocycles. The third-order valence-electron chi connectivity index (χ3n) is 5.89. The number of carbonyl (C=O) groups excluding carboxylic acids is 3. The predicted molar refractivity (Wildman–Crippen MR) is 153 cm³/mol. The fourth-order valence-electron chi connectivity index (χ4n) is 4.39. The number of benzene rings is 1. The third-order valence-corrected chi connectivity index (χ3v) is 8.11. The number of esters is 2. The topological polar surface area (TPSA) is 94.2 Å². The lowest BCUT2D eigenvalue weighted by Crippen LogP contribution is -2.49. The zero-order valence-corrected chi connectivity index (χ0v) is 25.3. The van der Waals surface area contributed by atoms with Crippen molar-refractivity contribution in [1.82, 2.24) is 5.32 Å². The Morgan fingerprint density at radius 1 is 1.16 bits per heavy atom. The molecule has 1 aromatic heterocycles. The summed E-state index contributed by atoms with van der Waals surface area (Å²) < 4.78 is 16.6. The van der Waals surface area contributed by atoms with Crippen LogP contribution in [-0.4, -0.2) is 49.4 Å². The molecule has 0 unspecified atom stereocenters. The molecule has 3 rings (SSSR count). The van der Waals surface area contributed by atoms with Gasteiger partial charge in [-0.05, 0) is 81.1 Å². The number of nitrogens with one attached hydrogen (secondary N) is 1. The number of anilines is 1. The lowest BCUT2D eigenvalue weighted by Gasteiger charge is -2.35. The van der Waals surface area contributed by atoms with Gasteiger partial charge in [0.25, 0.3) is 0 Å². The third kappa shape index (κ3) is 7.72. The maximum Gasteiger partial charge on any atom is 0.351 e. The van der Waals surface area contributed by atoms with Gasteiger partial charge >= 0.3 is 18.0 Å². The van der Waals surface area contributed by atoms with Crippen LogP contribution in [-0.2, 0) is 14.3 Å². The van der Waals surface area contributed by atoms with Crippen LogP contribution >= 0.6 is 27.3 Å². The smallest absolute Gasteiger partial charge is 0.351 e. The van der Waals surface area contributed by atoms with Crippen LogP contribution in [0.4, 0.5) is 10.5 Å². The first-order chi connectivity index (χ1) is 17.9.